The van der Waals surface area contributed by atoms with Crippen LogP contribution in [0.5, 0.6) is 0 Å². The molecule has 0 saturated heterocycles. The summed E-state index contributed by atoms with van der Waals surface area (Å²) in [6.07, 6.45) is 0. The van der Waals surface area contributed by atoms with Gasteiger partial charge in [-0.2, -0.15) is 0 Å². The molecule has 0 N–H and O–H groups in total. The van der Waals surface area contributed by atoms with Crippen LogP contribution in [0.2, 0.25) is 0 Å². The number of benzene rings is 14. The minimum atomic E-state index is 1.07. The first-order valence-corrected chi connectivity index (χ1v) is 29.7. The molecule has 0 unspecified atom stereocenters. The molecule has 3 heteroatoms. The first-order chi connectivity index (χ1) is 43.1. The van der Waals surface area contributed by atoms with E-state index in [4.69, 9.17) is 0 Å². The lowest BCUT2D eigenvalue weighted by molar-refractivity contribution is 1.28. The summed E-state index contributed by atoms with van der Waals surface area (Å²) in [4.78, 5) is 7.08. The Labute approximate surface area is 510 Å². The van der Waals surface area contributed by atoms with Crippen molar-refractivity contribution >= 4 is 51.2 Å². The number of nitrogens with zero attached hydrogens (tertiary/aromatic N) is 3. The van der Waals surface area contributed by atoms with Crippen LogP contribution in [0.1, 0.15) is 0 Å². The van der Waals surface area contributed by atoms with Crippen LogP contribution in [0.25, 0.3) is 77.9 Å². The summed E-state index contributed by atoms with van der Waals surface area (Å²) in [5.74, 6) is 0. The van der Waals surface area contributed by atoms with Crippen molar-refractivity contribution in [3.63, 3.8) is 0 Å². The second-order valence-electron chi connectivity index (χ2n) is 21.8. The van der Waals surface area contributed by atoms with Gasteiger partial charge >= 0.3 is 0 Å². The Balaban J connectivity index is 0.772. The molecule has 0 heterocycles. The normalized spacial score (nSPS) is 11.0. The van der Waals surface area contributed by atoms with Crippen molar-refractivity contribution in [2.45, 2.75) is 0 Å². The SMILES string of the molecule is c1ccc(-c2ccc(N(c3ccc(-c4ccc(N(c5cccc(-c6ccccc6)c5)c5cccc(-c6ccccc6)c5)cc4)cc3)c3ccc(-c4ccc(N(c5cccc(-c6ccccc6)c5)c5cccc(-c6ccccc6)c5)cc4)cc3)cc2)cc1. The van der Waals surface area contributed by atoms with Crippen LogP contribution in [-0.4, -0.2) is 0 Å². The van der Waals surface area contributed by atoms with Crippen LogP contribution < -0.4 is 14.7 Å². The highest BCUT2D eigenvalue weighted by molar-refractivity contribution is 5.87. The molecule has 412 valence electrons. The van der Waals surface area contributed by atoms with E-state index in [-0.39, 0.29) is 0 Å². The van der Waals surface area contributed by atoms with Gasteiger partial charge in [-0.05, 0) is 187 Å². The smallest absolute Gasteiger partial charge is 0.0467 e. The van der Waals surface area contributed by atoms with E-state index in [1.807, 2.05) is 0 Å². The standard InChI is InChI=1S/C84H61N3/c1-6-20-62(21-7-1)67-38-48-76(49-39-67)85(77-50-40-68(41-51-77)70-44-54-79(55-45-70)86(81-34-16-30-72(58-81)63-22-8-2-9-23-63)82-35-17-31-73(59-82)64-24-10-3-11-25-64)78-52-42-69(43-53-78)71-46-56-80(57-47-71)87(83-36-18-32-74(60-83)65-26-12-4-13-27-65)84-37-19-33-75(61-84)66-28-14-5-15-29-66/h1-61H. The molecule has 0 aliphatic carbocycles. The largest absolute Gasteiger partial charge is 0.311 e. The topological polar surface area (TPSA) is 9.72 Å². The average molecular weight is 1110 g/mol. The van der Waals surface area contributed by atoms with E-state index in [1.54, 1.807) is 0 Å². The zero-order chi connectivity index (χ0) is 58.1. The summed E-state index contributed by atoms with van der Waals surface area (Å²) < 4.78 is 0. The molecule has 14 rings (SSSR count). The van der Waals surface area contributed by atoms with Gasteiger partial charge in [0, 0.05) is 51.2 Å². The van der Waals surface area contributed by atoms with Crippen molar-refractivity contribution in [2.24, 2.45) is 0 Å². The quantitative estimate of drug-likeness (QED) is 0.0955. The molecule has 0 radical (unpaired) electrons. The molecule has 0 aliphatic rings. The van der Waals surface area contributed by atoms with Crippen LogP contribution >= 0.6 is 0 Å². The minimum Gasteiger partial charge on any atom is -0.311 e. The molecule has 87 heavy (non-hydrogen) atoms. The van der Waals surface area contributed by atoms with E-state index in [0.717, 1.165) is 73.4 Å². The summed E-state index contributed by atoms with van der Waals surface area (Å²) in [5, 5.41) is 0. The van der Waals surface area contributed by atoms with Crippen LogP contribution in [0.15, 0.2) is 370 Å². The summed E-state index contributed by atoms with van der Waals surface area (Å²) in [6, 6.07) is 133. The van der Waals surface area contributed by atoms with Gasteiger partial charge in [-0.1, -0.05) is 261 Å². The van der Waals surface area contributed by atoms with Gasteiger partial charge in [-0.15, -0.1) is 0 Å². The molecule has 0 bridgehead atoms. The summed E-state index contributed by atoms with van der Waals surface area (Å²) in [7, 11) is 0. The van der Waals surface area contributed by atoms with Crippen molar-refractivity contribution in [1.82, 2.24) is 0 Å². The Morgan fingerprint density at radius 1 is 0.103 bits per heavy atom. The second-order valence-corrected chi connectivity index (χ2v) is 21.8. The zero-order valence-electron chi connectivity index (χ0n) is 48.1. The maximum absolute atomic E-state index is 2.36. The van der Waals surface area contributed by atoms with Crippen LogP contribution in [0.4, 0.5) is 51.2 Å². The van der Waals surface area contributed by atoms with Gasteiger partial charge in [0.1, 0.15) is 0 Å². The monoisotopic (exact) mass is 1110 g/mol. The number of hydrogen-bond donors (Lipinski definition) is 0. The van der Waals surface area contributed by atoms with Crippen LogP contribution in [0, 0.1) is 0 Å². The highest BCUT2D eigenvalue weighted by Crippen LogP contribution is 2.43. The van der Waals surface area contributed by atoms with Gasteiger partial charge < -0.3 is 14.7 Å². The van der Waals surface area contributed by atoms with Crippen molar-refractivity contribution in [1.29, 1.82) is 0 Å². The molecule has 14 aromatic carbocycles. The van der Waals surface area contributed by atoms with E-state index < -0.39 is 0 Å². The molecular weight excluding hydrogens is 1050 g/mol. The minimum absolute atomic E-state index is 1.07. The van der Waals surface area contributed by atoms with Gasteiger partial charge in [-0.25, -0.2) is 0 Å². The van der Waals surface area contributed by atoms with Gasteiger partial charge in [0.15, 0.2) is 0 Å². The molecule has 0 fully saturated rings. The van der Waals surface area contributed by atoms with Crippen LogP contribution in [0.3, 0.4) is 0 Å². The van der Waals surface area contributed by atoms with Gasteiger partial charge in [0.05, 0.1) is 0 Å². The van der Waals surface area contributed by atoms with Crippen molar-refractivity contribution in [2.75, 3.05) is 14.7 Å². The molecular formula is C84H61N3. The summed E-state index contributed by atoms with van der Waals surface area (Å²) >= 11 is 0. The van der Waals surface area contributed by atoms with E-state index in [9.17, 15) is 0 Å². The van der Waals surface area contributed by atoms with E-state index >= 15 is 0 Å². The lowest BCUT2D eigenvalue weighted by atomic mass is 10.0. The molecule has 0 aliphatic heterocycles. The third kappa shape index (κ3) is 11.8. The average Bonchev–Trinajstić information content (AvgIpc) is 2.97. The van der Waals surface area contributed by atoms with Gasteiger partial charge in [0.2, 0.25) is 0 Å². The molecule has 3 nitrogen and oxygen atoms in total. The third-order valence-electron chi connectivity index (χ3n) is 16.2. The van der Waals surface area contributed by atoms with Crippen molar-refractivity contribution in [3.8, 4) is 77.9 Å². The second kappa shape index (κ2) is 24.7. The Morgan fingerprint density at radius 3 is 0.448 bits per heavy atom. The maximum atomic E-state index is 2.36. The predicted molar refractivity (Wildman–Crippen MR) is 369 cm³/mol. The molecule has 0 aromatic heterocycles. The molecule has 0 amide bonds. The van der Waals surface area contributed by atoms with Gasteiger partial charge in [-0.3, -0.25) is 0 Å². The number of rotatable bonds is 16. The first kappa shape index (κ1) is 53.5. The molecule has 14 aromatic rings. The highest BCUT2D eigenvalue weighted by Gasteiger charge is 2.19. The Bertz CT molecular complexity index is 4130. The lowest BCUT2D eigenvalue weighted by Crippen LogP contribution is -2.10. The summed E-state index contributed by atoms with van der Waals surface area (Å²) in [5.41, 5.74) is 26.0. The van der Waals surface area contributed by atoms with E-state index in [1.165, 1.54) is 55.6 Å². The fourth-order valence-corrected chi connectivity index (χ4v) is 11.8. The Hall–Kier alpha value is -11.5. The summed E-state index contributed by atoms with van der Waals surface area (Å²) in [6.45, 7) is 0. The molecule has 0 atom stereocenters. The lowest BCUT2D eigenvalue weighted by Gasteiger charge is -2.27. The molecule has 0 spiro atoms. The first-order valence-electron chi connectivity index (χ1n) is 29.7. The van der Waals surface area contributed by atoms with Crippen LogP contribution in [-0.2, 0) is 0 Å². The van der Waals surface area contributed by atoms with Gasteiger partial charge in [0.25, 0.3) is 0 Å². The number of anilines is 9. The Kier molecular flexibility index (Phi) is 15.2. The molecule has 0 saturated carbocycles. The predicted octanol–water partition coefficient (Wildman–Crippen LogP) is 23.8. The van der Waals surface area contributed by atoms with Crippen molar-refractivity contribution in [3.05, 3.63) is 370 Å². The Morgan fingerprint density at radius 2 is 0.253 bits per heavy atom. The number of hydrogen-bond acceptors (Lipinski definition) is 3. The van der Waals surface area contributed by atoms with E-state index in [0.29, 0.717) is 0 Å². The highest BCUT2D eigenvalue weighted by atomic mass is 15.2. The fraction of sp³-hybridized carbons (Fsp3) is 0. The maximum Gasteiger partial charge on any atom is 0.0467 e. The van der Waals surface area contributed by atoms with E-state index in [2.05, 4.69) is 385 Å². The fourth-order valence-electron chi connectivity index (χ4n) is 11.8. The van der Waals surface area contributed by atoms with Crippen molar-refractivity contribution < 1.29 is 0 Å². The zero-order valence-corrected chi connectivity index (χ0v) is 48.1. The third-order valence-corrected chi connectivity index (χ3v) is 16.2.